The molecule has 1 aliphatic heterocycles. The Morgan fingerprint density at radius 2 is 1.84 bits per heavy atom. The van der Waals surface area contributed by atoms with Crippen LogP contribution < -0.4 is 14.8 Å². The van der Waals surface area contributed by atoms with Gasteiger partial charge in [0.05, 0.1) is 14.2 Å². The molecule has 1 aromatic heterocycles. The van der Waals surface area contributed by atoms with Gasteiger partial charge in [0, 0.05) is 29.4 Å². The molecule has 0 fully saturated rings. The van der Waals surface area contributed by atoms with Gasteiger partial charge in [-0.05, 0) is 49.2 Å². The van der Waals surface area contributed by atoms with E-state index in [4.69, 9.17) is 19.3 Å². The Morgan fingerprint density at radius 3 is 2.51 bits per heavy atom. The lowest BCUT2D eigenvalue weighted by molar-refractivity contribution is 0.0497. The van der Waals surface area contributed by atoms with Crippen molar-refractivity contribution < 1.29 is 23.8 Å². The second kappa shape index (κ2) is 11.6. The summed E-state index contributed by atoms with van der Waals surface area (Å²) < 4.78 is 16.6. The number of pyridine rings is 1. The van der Waals surface area contributed by atoms with E-state index in [9.17, 15) is 9.59 Å². The van der Waals surface area contributed by atoms with Crippen LogP contribution in [-0.4, -0.2) is 54.2 Å². The zero-order valence-corrected chi connectivity index (χ0v) is 21.3. The maximum absolute atomic E-state index is 13.2. The fraction of sp³-hybridized carbons (Fsp3) is 0.286. The van der Waals surface area contributed by atoms with Crippen LogP contribution in [0.15, 0.2) is 72.0 Å². The largest absolute Gasteiger partial charge is 0.493 e. The third-order valence-electron chi connectivity index (χ3n) is 6.02. The molecule has 0 aliphatic carbocycles. The molecule has 192 valence electrons. The second-order valence-corrected chi connectivity index (χ2v) is 8.55. The van der Waals surface area contributed by atoms with Crippen LogP contribution in [0.3, 0.4) is 0 Å². The van der Waals surface area contributed by atoms with E-state index in [2.05, 4.69) is 10.3 Å². The lowest BCUT2D eigenvalue weighted by Gasteiger charge is -2.34. The van der Waals surface area contributed by atoms with Gasteiger partial charge < -0.3 is 19.5 Å². The predicted octanol–water partition coefficient (Wildman–Crippen LogP) is 4.34. The number of methoxy groups -OCH3 is 2. The molecule has 2 atom stereocenters. The summed E-state index contributed by atoms with van der Waals surface area (Å²) in [7, 11) is 3.12. The fourth-order valence-electron chi connectivity index (χ4n) is 4.12. The van der Waals surface area contributed by atoms with Crippen molar-refractivity contribution in [2.24, 2.45) is 5.10 Å². The smallest absolute Gasteiger partial charge is 0.433 e. The molecular formula is C28H30N4O5. The number of aryl methyl sites for hydroxylation is 1. The maximum Gasteiger partial charge on any atom is 0.433 e. The lowest BCUT2D eigenvalue weighted by Crippen LogP contribution is -2.53. The molecular weight excluding hydrogens is 472 g/mol. The van der Waals surface area contributed by atoms with E-state index in [1.807, 2.05) is 50.2 Å². The normalized spacial score (nSPS) is 15.9. The fourth-order valence-corrected chi connectivity index (χ4v) is 4.12. The van der Waals surface area contributed by atoms with E-state index in [1.54, 1.807) is 44.7 Å². The molecule has 9 nitrogen and oxygen atoms in total. The summed E-state index contributed by atoms with van der Waals surface area (Å²) in [5.41, 5.74) is 3.34. The van der Waals surface area contributed by atoms with Crippen molar-refractivity contribution in [2.45, 2.75) is 39.0 Å². The Morgan fingerprint density at radius 1 is 1.08 bits per heavy atom. The van der Waals surface area contributed by atoms with Crippen LogP contribution in [-0.2, 0) is 11.2 Å². The number of hydrogen-bond acceptors (Lipinski definition) is 7. The molecule has 2 aromatic carbocycles. The third-order valence-corrected chi connectivity index (χ3v) is 6.02. The molecule has 9 heteroatoms. The topological polar surface area (TPSA) is 102 Å². The quantitative estimate of drug-likeness (QED) is 0.467. The first-order chi connectivity index (χ1) is 17.9. The number of carbonyl (C=O) groups is 2. The van der Waals surface area contributed by atoms with Gasteiger partial charge in [-0.1, -0.05) is 37.3 Å². The van der Waals surface area contributed by atoms with Crippen molar-refractivity contribution in [3.63, 3.8) is 0 Å². The zero-order valence-electron chi connectivity index (χ0n) is 21.3. The molecule has 0 spiro atoms. The van der Waals surface area contributed by atoms with Gasteiger partial charge in [0.2, 0.25) is 0 Å². The molecule has 0 radical (unpaired) electrons. The number of carbonyl (C=O) groups excluding carboxylic acids is 2. The third kappa shape index (κ3) is 5.88. The number of nitrogens with one attached hydrogen (secondary N) is 1. The average Bonchev–Trinajstić information content (AvgIpc) is 2.92. The maximum atomic E-state index is 13.2. The molecule has 37 heavy (non-hydrogen) atoms. The van der Waals surface area contributed by atoms with Crippen molar-refractivity contribution in [1.29, 1.82) is 0 Å². The molecule has 3 aromatic rings. The molecule has 0 saturated carbocycles. The predicted molar refractivity (Wildman–Crippen MR) is 139 cm³/mol. The number of rotatable bonds is 9. The van der Waals surface area contributed by atoms with Crippen LogP contribution >= 0.6 is 0 Å². The molecule has 1 aliphatic rings. The summed E-state index contributed by atoms with van der Waals surface area (Å²) in [6.07, 6.45) is 0.430. The van der Waals surface area contributed by atoms with E-state index in [0.717, 1.165) is 11.1 Å². The molecule has 1 N–H and O–H groups in total. The number of hydrazone groups is 1. The number of aromatic nitrogens is 1. The first kappa shape index (κ1) is 25.7. The zero-order chi connectivity index (χ0) is 26.4. The van der Waals surface area contributed by atoms with E-state index in [0.29, 0.717) is 41.3 Å². The van der Waals surface area contributed by atoms with Gasteiger partial charge in [-0.2, -0.15) is 10.1 Å². The highest BCUT2D eigenvalue weighted by atomic mass is 16.6. The molecule has 4 rings (SSSR count). The van der Waals surface area contributed by atoms with E-state index in [-0.39, 0.29) is 5.91 Å². The summed E-state index contributed by atoms with van der Waals surface area (Å²) in [6.45, 7) is 3.73. The Kier molecular flexibility index (Phi) is 8.02. The Hall–Kier alpha value is -4.40. The van der Waals surface area contributed by atoms with Gasteiger partial charge in [0.25, 0.3) is 5.91 Å². The highest BCUT2D eigenvalue weighted by Crippen LogP contribution is 2.30. The first-order valence-corrected chi connectivity index (χ1v) is 12.0. The molecule has 2 heterocycles. The summed E-state index contributed by atoms with van der Waals surface area (Å²) in [5.74, 6) is 0.759. The number of benzene rings is 2. The lowest BCUT2D eigenvalue weighted by atomic mass is 10.0. The summed E-state index contributed by atoms with van der Waals surface area (Å²) in [5, 5.41) is 8.90. The minimum absolute atomic E-state index is 0.325. The van der Waals surface area contributed by atoms with Crippen LogP contribution in [0.4, 0.5) is 4.79 Å². The number of amides is 2. The summed E-state index contributed by atoms with van der Waals surface area (Å²) in [6, 6.07) is 18.3. The van der Waals surface area contributed by atoms with Crippen LogP contribution in [0, 0.1) is 6.92 Å². The van der Waals surface area contributed by atoms with E-state index in [1.165, 1.54) is 5.01 Å². The van der Waals surface area contributed by atoms with E-state index < -0.39 is 18.4 Å². The van der Waals surface area contributed by atoms with E-state index >= 15 is 0 Å². The van der Waals surface area contributed by atoms with Crippen LogP contribution in [0.5, 0.6) is 11.5 Å². The Labute approximate surface area is 216 Å². The Bertz CT molecular complexity index is 1290. The average molecular weight is 503 g/mol. The number of hydrogen-bond donors (Lipinski definition) is 1. The van der Waals surface area contributed by atoms with Gasteiger partial charge in [-0.25, -0.2) is 4.79 Å². The molecule has 2 unspecified atom stereocenters. The van der Waals surface area contributed by atoms with Crippen molar-refractivity contribution >= 4 is 17.7 Å². The first-order valence-electron chi connectivity index (χ1n) is 12.0. The molecule has 0 saturated heterocycles. The molecule has 2 amide bonds. The van der Waals surface area contributed by atoms with Gasteiger partial charge in [-0.15, -0.1) is 0 Å². The van der Waals surface area contributed by atoms with Crippen LogP contribution in [0.2, 0.25) is 0 Å². The second-order valence-electron chi connectivity index (χ2n) is 8.55. The van der Waals surface area contributed by atoms with Gasteiger partial charge in [-0.3, -0.25) is 9.78 Å². The van der Waals surface area contributed by atoms with Crippen molar-refractivity contribution in [1.82, 2.24) is 15.3 Å². The van der Waals surface area contributed by atoms with Crippen molar-refractivity contribution in [3.8, 4) is 11.5 Å². The number of nitrogens with zero attached hydrogens (tertiary/aromatic N) is 3. The Balaban J connectivity index is 1.73. The van der Waals surface area contributed by atoms with Crippen LogP contribution in [0.1, 0.15) is 40.5 Å². The van der Waals surface area contributed by atoms with Gasteiger partial charge in [0.15, 0.2) is 11.5 Å². The minimum atomic E-state index is -0.802. The van der Waals surface area contributed by atoms with Gasteiger partial charge in [0.1, 0.15) is 18.0 Å². The summed E-state index contributed by atoms with van der Waals surface area (Å²) >= 11 is 0. The van der Waals surface area contributed by atoms with Crippen LogP contribution in [0.25, 0.3) is 0 Å². The highest BCUT2D eigenvalue weighted by molar-refractivity contribution is 6.06. The minimum Gasteiger partial charge on any atom is -0.493 e. The summed E-state index contributed by atoms with van der Waals surface area (Å²) in [4.78, 5) is 30.5. The standard InChI is InChI=1S/C28H30N4O5/c1-5-22-26(20-11-12-23(35-3)24(17-20)36-4)31-32(28(34)37-22)25(16-19-9-7-6-8-10-19)30-27(33)21-13-14-29-18(2)15-21/h6-15,17,22,25H,5,16H2,1-4H3,(H,30,33). The van der Waals surface area contributed by atoms with Gasteiger partial charge >= 0.3 is 6.09 Å². The number of ether oxygens (including phenoxy) is 3. The van der Waals surface area contributed by atoms with Crippen molar-refractivity contribution in [2.75, 3.05) is 14.2 Å². The number of cyclic esters (lactones) is 1. The highest BCUT2D eigenvalue weighted by Gasteiger charge is 2.36. The van der Waals surface area contributed by atoms with Crippen molar-refractivity contribution in [3.05, 3.63) is 89.2 Å². The monoisotopic (exact) mass is 502 g/mol. The molecule has 0 bridgehead atoms. The SMILES string of the molecule is CCC1OC(=O)N(C(Cc2ccccc2)NC(=O)c2ccnc(C)c2)N=C1c1ccc(OC)c(OC)c1.